The number of unbranched alkanes of at least 4 members (excludes halogenated alkanes) is 1. The molecule has 0 aromatic heterocycles. The minimum absolute atomic E-state index is 0.880. The van der Waals surface area contributed by atoms with Crippen LogP contribution in [0.15, 0.2) is 0 Å². The van der Waals surface area contributed by atoms with Gasteiger partial charge in [-0.15, -0.1) is 0 Å². The van der Waals surface area contributed by atoms with Crippen LogP contribution >= 0.6 is 0 Å². The second-order valence-corrected chi connectivity index (χ2v) is 6.63. The molecule has 1 fully saturated rings. The molecule has 1 aliphatic carbocycles. The first kappa shape index (κ1) is 14.1. The van der Waals surface area contributed by atoms with Crippen molar-refractivity contribution in [1.29, 1.82) is 0 Å². The minimum Gasteiger partial charge on any atom is -0.0654 e. The van der Waals surface area contributed by atoms with E-state index in [0.717, 1.165) is 29.6 Å². The van der Waals surface area contributed by atoms with E-state index in [1.54, 1.807) is 0 Å². The summed E-state index contributed by atoms with van der Waals surface area (Å²) in [5.74, 6) is 4.99. The molecule has 0 bridgehead atoms. The predicted molar refractivity (Wildman–Crippen MR) is 73.5 cm³/mol. The standard InChI is InChI=1S/C16H32/c1-6-7-8-15(16-11-14(16)5)13(4)10-9-12(2)3/h12-16H,6-11H2,1-5H3. The molecule has 16 heavy (non-hydrogen) atoms. The normalized spacial score (nSPS) is 28.1. The van der Waals surface area contributed by atoms with Crippen molar-refractivity contribution in [3.8, 4) is 0 Å². The Morgan fingerprint density at radius 2 is 1.69 bits per heavy atom. The highest BCUT2D eigenvalue weighted by Gasteiger charge is 2.40. The maximum Gasteiger partial charge on any atom is -0.0355 e. The van der Waals surface area contributed by atoms with Crippen molar-refractivity contribution in [2.24, 2.45) is 29.6 Å². The molecule has 0 heteroatoms. The summed E-state index contributed by atoms with van der Waals surface area (Å²) < 4.78 is 0. The average molecular weight is 224 g/mol. The maximum absolute atomic E-state index is 2.51. The fourth-order valence-electron chi connectivity index (χ4n) is 3.12. The first-order valence-electron chi connectivity index (χ1n) is 7.56. The molecule has 0 aliphatic heterocycles. The van der Waals surface area contributed by atoms with Gasteiger partial charge in [-0.25, -0.2) is 0 Å². The predicted octanol–water partition coefficient (Wildman–Crippen LogP) is 5.52. The summed E-state index contributed by atoms with van der Waals surface area (Å²) in [6.07, 6.45) is 8.69. The quantitative estimate of drug-likeness (QED) is 0.509. The van der Waals surface area contributed by atoms with Crippen LogP contribution in [0.4, 0.5) is 0 Å². The van der Waals surface area contributed by atoms with Gasteiger partial charge in [0.25, 0.3) is 0 Å². The van der Waals surface area contributed by atoms with Gasteiger partial charge in [-0.05, 0) is 42.4 Å². The highest BCUT2D eigenvalue weighted by atomic mass is 14.5. The molecular formula is C16H32. The minimum atomic E-state index is 0.880. The molecule has 4 unspecified atom stereocenters. The second-order valence-electron chi connectivity index (χ2n) is 6.63. The number of hydrogen-bond acceptors (Lipinski definition) is 0. The molecule has 0 radical (unpaired) electrons. The van der Waals surface area contributed by atoms with E-state index < -0.39 is 0 Å². The number of hydrogen-bond donors (Lipinski definition) is 0. The van der Waals surface area contributed by atoms with Gasteiger partial charge < -0.3 is 0 Å². The third kappa shape index (κ3) is 4.47. The third-order valence-electron chi connectivity index (χ3n) is 4.54. The van der Waals surface area contributed by atoms with Gasteiger partial charge in [0.05, 0.1) is 0 Å². The van der Waals surface area contributed by atoms with Gasteiger partial charge in [0.2, 0.25) is 0 Å². The van der Waals surface area contributed by atoms with Crippen LogP contribution in [0.1, 0.15) is 73.1 Å². The Labute approximate surface area is 103 Å². The zero-order valence-electron chi connectivity index (χ0n) is 12.1. The fourth-order valence-corrected chi connectivity index (χ4v) is 3.12. The molecule has 0 amide bonds. The van der Waals surface area contributed by atoms with Crippen molar-refractivity contribution in [1.82, 2.24) is 0 Å². The van der Waals surface area contributed by atoms with Gasteiger partial charge in [-0.2, -0.15) is 0 Å². The first-order valence-corrected chi connectivity index (χ1v) is 7.56. The van der Waals surface area contributed by atoms with E-state index in [-0.39, 0.29) is 0 Å². The van der Waals surface area contributed by atoms with Crippen LogP contribution in [-0.2, 0) is 0 Å². The molecule has 1 aliphatic rings. The molecule has 1 saturated carbocycles. The van der Waals surface area contributed by atoms with E-state index in [1.807, 2.05) is 0 Å². The third-order valence-corrected chi connectivity index (χ3v) is 4.54. The Morgan fingerprint density at radius 1 is 1.06 bits per heavy atom. The Balaban J connectivity index is 2.35. The Bertz CT molecular complexity index is 182. The van der Waals surface area contributed by atoms with E-state index in [4.69, 9.17) is 0 Å². The zero-order chi connectivity index (χ0) is 12.1. The van der Waals surface area contributed by atoms with Crippen molar-refractivity contribution in [2.45, 2.75) is 73.1 Å². The van der Waals surface area contributed by atoms with E-state index in [1.165, 1.54) is 38.5 Å². The van der Waals surface area contributed by atoms with Crippen molar-refractivity contribution >= 4 is 0 Å². The molecule has 0 aromatic carbocycles. The summed E-state index contributed by atoms with van der Waals surface area (Å²) in [6, 6.07) is 0. The van der Waals surface area contributed by atoms with Gasteiger partial charge in [0.1, 0.15) is 0 Å². The summed E-state index contributed by atoms with van der Waals surface area (Å²) in [6.45, 7) is 12.0. The molecule has 1 rings (SSSR count). The monoisotopic (exact) mass is 224 g/mol. The molecule has 4 atom stereocenters. The molecular weight excluding hydrogens is 192 g/mol. The van der Waals surface area contributed by atoms with Crippen LogP contribution in [0.5, 0.6) is 0 Å². The molecule has 0 nitrogen and oxygen atoms in total. The topological polar surface area (TPSA) is 0 Å². The summed E-state index contributed by atoms with van der Waals surface area (Å²) >= 11 is 0. The first-order chi connectivity index (χ1) is 7.56. The van der Waals surface area contributed by atoms with Crippen molar-refractivity contribution in [3.05, 3.63) is 0 Å². The highest BCUT2D eigenvalue weighted by molar-refractivity contribution is 4.90. The molecule has 96 valence electrons. The summed E-state index contributed by atoms with van der Waals surface area (Å²) in [4.78, 5) is 0. The summed E-state index contributed by atoms with van der Waals surface area (Å²) in [5.41, 5.74) is 0. The zero-order valence-corrected chi connectivity index (χ0v) is 12.1. The molecule has 0 N–H and O–H groups in total. The van der Waals surface area contributed by atoms with E-state index in [2.05, 4.69) is 34.6 Å². The SMILES string of the molecule is CCCCC(C(C)CCC(C)C)C1CC1C. The Hall–Kier alpha value is 0. The second kappa shape index (κ2) is 6.67. The van der Waals surface area contributed by atoms with Crippen LogP contribution in [0.25, 0.3) is 0 Å². The van der Waals surface area contributed by atoms with Crippen LogP contribution < -0.4 is 0 Å². The van der Waals surface area contributed by atoms with Crippen LogP contribution in [0.3, 0.4) is 0 Å². The maximum atomic E-state index is 2.51. The van der Waals surface area contributed by atoms with Crippen LogP contribution in [-0.4, -0.2) is 0 Å². The smallest absolute Gasteiger partial charge is 0.0355 e. The lowest BCUT2D eigenvalue weighted by Crippen LogP contribution is -2.15. The van der Waals surface area contributed by atoms with Gasteiger partial charge in [0, 0.05) is 0 Å². The Morgan fingerprint density at radius 3 is 2.12 bits per heavy atom. The van der Waals surface area contributed by atoms with E-state index >= 15 is 0 Å². The van der Waals surface area contributed by atoms with Crippen molar-refractivity contribution < 1.29 is 0 Å². The van der Waals surface area contributed by atoms with E-state index in [9.17, 15) is 0 Å². The van der Waals surface area contributed by atoms with Gasteiger partial charge >= 0.3 is 0 Å². The average Bonchev–Trinajstić information content (AvgIpc) is 2.93. The lowest BCUT2D eigenvalue weighted by molar-refractivity contribution is 0.254. The lowest BCUT2D eigenvalue weighted by atomic mass is 9.81. The van der Waals surface area contributed by atoms with Crippen molar-refractivity contribution in [3.63, 3.8) is 0 Å². The highest BCUT2D eigenvalue weighted by Crippen LogP contribution is 2.49. The number of rotatable bonds is 8. The van der Waals surface area contributed by atoms with Gasteiger partial charge in [-0.1, -0.05) is 60.3 Å². The van der Waals surface area contributed by atoms with Gasteiger partial charge in [-0.3, -0.25) is 0 Å². The summed E-state index contributed by atoms with van der Waals surface area (Å²) in [5, 5.41) is 0. The molecule has 0 heterocycles. The fraction of sp³-hybridized carbons (Fsp3) is 1.00. The van der Waals surface area contributed by atoms with E-state index in [0.29, 0.717) is 0 Å². The molecule has 0 aromatic rings. The lowest BCUT2D eigenvalue weighted by Gasteiger charge is -2.25. The summed E-state index contributed by atoms with van der Waals surface area (Å²) in [7, 11) is 0. The van der Waals surface area contributed by atoms with Crippen LogP contribution in [0.2, 0.25) is 0 Å². The molecule has 0 saturated heterocycles. The van der Waals surface area contributed by atoms with Gasteiger partial charge in [0.15, 0.2) is 0 Å². The van der Waals surface area contributed by atoms with Crippen molar-refractivity contribution in [2.75, 3.05) is 0 Å². The van der Waals surface area contributed by atoms with Crippen LogP contribution in [0, 0.1) is 29.6 Å². The largest absolute Gasteiger partial charge is 0.0654 e. The Kier molecular flexibility index (Phi) is 5.86. The molecule has 0 spiro atoms.